The Morgan fingerprint density at radius 1 is 1.06 bits per heavy atom. The third kappa shape index (κ3) is 3.03. The Kier molecular flexibility index (Phi) is 3.91. The monoisotopic (exact) mass is 294 g/mol. The molecule has 1 N–H and O–H groups in total. The standard InChI is InChI=1S/C13H11BrOS/c14-13-7-2-1-4-10(13)9-16-12-6-3-5-11(15)8-12/h1-8,15H,9H2. The van der Waals surface area contributed by atoms with Gasteiger partial charge >= 0.3 is 0 Å². The quantitative estimate of drug-likeness (QED) is 0.844. The molecular weight excluding hydrogens is 284 g/mol. The summed E-state index contributed by atoms with van der Waals surface area (Å²) in [7, 11) is 0. The van der Waals surface area contributed by atoms with E-state index in [1.807, 2.05) is 30.3 Å². The maximum atomic E-state index is 9.34. The highest BCUT2D eigenvalue weighted by atomic mass is 79.9. The van der Waals surface area contributed by atoms with Crippen LogP contribution in [0, 0.1) is 0 Å². The molecule has 0 saturated carbocycles. The maximum absolute atomic E-state index is 9.34. The second-order valence-corrected chi connectivity index (χ2v) is 5.28. The predicted octanol–water partition coefficient (Wildman–Crippen LogP) is 4.45. The Labute approximate surface area is 108 Å². The second kappa shape index (κ2) is 5.41. The van der Waals surface area contributed by atoms with Crippen molar-refractivity contribution in [1.82, 2.24) is 0 Å². The summed E-state index contributed by atoms with van der Waals surface area (Å²) in [6, 6.07) is 15.5. The van der Waals surface area contributed by atoms with Gasteiger partial charge in [-0.1, -0.05) is 40.2 Å². The predicted molar refractivity (Wildman–Crippen MR) is 71.8 cm³/mol. The first-order chi connectivity index (χ1) is 7.75. The summed E-state index contributed by atoms with van der Waals surface area (Å²) in [6.07, 6.45) is 0. The van der Waals surface area contributed by atoms with Crippen molar-refractivity contribution in [3.8, 4) is 5.75 Å². The summed E-state index contributed by atoms with van der Waals surface area (Å²) >= 11 is 5.23. The van der Waals surface area contributed by atoms with Crippen LogP contribution in [0.2, 0.25) is 0 Å². The fraction of sp³-hybridized carbons (Fsp3) is 0.0769. The summed E-state index contributed by atoms with van der Waals surface area (Å²) < 4.78 is 1.13. The van der Waals surface area contributed by atoms with Gasteiger partial charge in [0.1, 0.15) is 5.75 Å². The lowest BCUT2D eigenvalue weighted by Gasteiger charge is -2.04. The Balaban J connectivity index is 2.05. The Morgan fingerprint density at radius 2 is 1.88 bits per heavy atom. The molecule has 0 saturated heterocycles. The molecular formula is C13H11BrOS. The van der Waals surface area contributed by atoms with E-state index in [0.29, 0.717) is 5.75 Å². The van der Waals surface area contributed by atoms with Crippen molar-refractivity contribution in [3.63, 3.8) is 0 Å². The average Bonchev–Trinajstić information content (AvgIpc) is 2.28. The molecule has 0 aliphatic carbocycles. The van der Waals surface area contributed by atoms with Crippen molar-refractivity contribution in [3.05, 3.63) is 58.6 Å². The van der Waals surface area contributed by atoms with Crippen molar-refractivity contribution in [2.24, 2.45) is 0 Å². The van der Waals surface area contributed by atoms with E-state index in [1.54, 1.807) is 23.9 Å². The molecule has 0 atom stereocenters. The van der Waals surface area contributed by atoms with Crippen LogP contribution in [0.4, 0.5) is 0 Å². The van der Waals surface area contributed by atoms with Gasteiger partial charge in [-0.15, -0.1) is 11.8 Å². The van der Waals surface area contributed by atoms with Crippen LogP contribution in [0.3, 0.4) is 0 Å². The van der Waals surface area contributed by atoms with Gasteiger partial charge in [-0.25, -0.2) is 0 Å². The van der Waals surface area contributed by atoms with E-state index >= 15 is 0 Å². The highest BCUT2D eigenvalue weighted by molar-refractivity contribution is 9.10. The number of hydrogen-bond acceptors (Lipinski definition) is 2. The number of phenols is 1. The summed E-state index contributed by atoms with van der Waals surface area (Å²) in [4.78, 5) is 1.08. The lowest BCUT2D eigenvalue weighted by atomic mass is 10.2. The van der Waals surface area contributed by atoms with Crippen molar-refractivity contribution < 1.29 is 5.11 Å². The SMILES string of the molecule is Oc1cccc(SCc2ccccc2Br)c1. The molecule has 0 heterocycles. The van der Waals surface area contributed by atoms with Gasteiger partial charge in [0, 0.05) is 15.1 Å². The topological polar surface area (TPSA) is 20.2 Å². The van der Waals surface area contributed by atoms with Crippen LogP contribution in [-0.4, -0.2) is 5.11 Å². The van der Waals surface area contributed by atoms with Gasteiger partial charge in [0.05, 0.1) is 0 Å². The molecule has 0 fully saturated rings. The van der Waals surface area contributed by atoms with E-state index in [-0.39, 0.29) is 0 Å². The molecule has 16 heavy (non-hydrogen) atoms. The first-order valence-corrected chi connectivity index (χ1v) is 6.69. The van der Waals surface area contributed by atoms with Gasteiger partial charge in [0.25, 0.3) is 0 Å². The number of rotatable bonds is 3. The molecule has 0 aliphatic rings. The summed E-state index contributed by atoms with van der Waals surface area (Å²) in [5.41, 5.74) is 1.26. The number of aromatic hydroxyl groups is 1. The lowest BCUT2D eigenvalue weighted by Crippen LogP contribution is -1.82. The number of phenolic OH excluding ortho intramolecular Hbond substituents is 1. The van der Waals surface area contributed by atoms with E-state index in [4.69, 9.17) is 0 Å². The third-order valence-electron chi connectivity index (χ3n) is 2.17. The van der Waals surface area contributed by atoms with E-state index in [1.165, 1.54) is 5.56 Å². The smallest absolute Gasteiger partial charge is 0.116 e. The minimum absolute atomic E-state index is 0.317. The lowest BCUT2D eigenvalue weighted by molar-refractivity contribution is 0.474. The van der Waals surface area contributed by atoms with Crippen molar-refractivity contribution in [1.29, 1.82) is 0 Å². The van der Waals surface area contributed by atoms with Gasteiger partial charge in [-0.3, -0.25) is 0 Å². The largest absolute Gasteiger partial charge is 0.508 e. The maximum Gasteiger partial charge on any atom is 0.116 e. The molecule has 1 nitrogen and oxygen atoms in total. The molecule has 2 aromatic rings. The van der Waals surface area contributed by atoms with Crippen LogP contribution in [-0.2, 0) is 5.75 Å². The third-order valence-corrected chi connectivity index (χ3v) is 3.99. The van der Waals surface area contributed by atoms with Gasteiger partial charge in [-0.05, 0) is 29.8 Å². The van der Waals surface area contributed by atoms with E-state index < -0.39 is 0 Å². The molecule has 0 aromatic heterocycles. The molecule has 3 heteroatoms. The number of benzene rings is 2. The van der Waals surface area contributed by atoms with Crippen LogP contribution in [0.25, 0.3) is 0 Å². The molecule has 0 amide bonds. The normalized spacial score (nSPS) is 10.3. The van der Waals surface area contributed by atoms with Crippen LogP contribution in [0.15, 0.2) is 57.9 Å². The highest BCUT2D eigenvalue weighted by Gasteiger charge is 2.00. The van der Waals surface area contributed by atoms with Crippen LogP contribution >= 0.6 is 27.7 Å². The second-order valence-electron chi connectivity index (χ2n) is 3.38. The molecule has 0 aliphatic heterocycles. The molecule has 2 rings (SSSR count). The number of halogens is 1. The van der Waals surface area contributed by atoms with Gasteiger partial charge in [0.15, 0.2) is 0 Å². The Bertz CT molecular complexity index is 485. The zero-order valence-electron chi connectivity index (χ0n) is 8.56. The Hall–Kier alpha value is -0.930. The number of thioether (sulfide) groups is 1. The molecule has 82 valence electrons. The van der Waals surface area contributed by atoms with Crippen LogP contribution < -0.4 is 0 Å². The minimum Gasteiger partial charge on any atom is -0.508 e. The van der Waals surface area contributed by atoms with E-state index in [2.05, 4.69) is 22.0 Å². The fourth-order valence-corrected chi connectivity index (χ4v) is 2.91. The molecule has 0 spiro atoms. The first-order valence-electron chi connectivity index (χ1n) is 4.91. The molecule has 2 aromatic carbocycles. The summed E-state index contributed by atoms with van der Waals surface area (Å²) in [5.74, 6) is 1.21. The highest BCUT2D eigenvalue weighted by Crippen LogP contribution is 2.28. The van der Waals surface area contributed by atoms with Crippen LogP contribution in [0.1, 0.15) is 5.56 Å². The van der Waals surface area contributed by atoms with Crippen molar-refractivity contribution >= 4 is 27.7 Å². The summed E-state index contributed by atoms with van der Waals surface area (Å²) in [6.45, 7) is 0. The van der Waals surface area contributed by atoms with Gasteiger partial charge < -0.3 is 5.11 Å². The van der Waals surface area contributed by atoms with Gasteiger partial charge in [0.2, 0.25) is 0 Å². The van der Waals surface area contributed by atoms with Crippen molar-refractivity contribution in [2.75, 3.05) is 0 Å². The zero-order valence-corrected chi connectivity index (χ0v) is 11.0. The average molecular weight is 295 g/mol. The summed E-state index contributed by atoms with van der Waals surface area (Å²) in [5, 5.41) is 9.34. The molecule has 0 unspecified atom stereocenters. The minimum atomic E-state index is 0.317. The number of hydrogen-bond donors (Lipinski definition) is 1. The molecule has 0 bridgehead atoms. The van der Waals surface area contributed by atoms with E-state index in [9.17, 15) is 5.11 Å². The van der Waals surface area contributed by atoms with E-state index in [0.717, 1.165) is 15.1 Å². The zero-order chi connectivity index (χ0) is 11.4. The Morgan fingerprint density at radius 3 is 2.62 bits per heavy atom. The fourth-order valence-electron chi connectivity index (χ4n) is 1.35. The van der Waals surface area contributed by atoms with Gasteiger partial charge in [-0.2, -0.15) is 0 Å². The molecule has 0 radical (unpaired) electrons. The van der Waals surface area contributed by atoms with Crippen molar-refractivity contribution in [2.45, 2.75) is 10.6 Å². The first kappa shape index (κ1) is 11.6. The van der Waals surface area contributed by atoms with Crippen LogP contribution in [0.5, 0.6) is 5.75 Å².